The molecule has 3 aliphatic heterocycles. The minimum absolute atomic E-state index is 0.00653. The molecule has 0 radical (unpaired) electrons. The fraction of sp³-hybridized carbons (Fsp3) is 1.00. The molecule has 11 heteroatoms. The van der Waals surface area contributed by atoms with E-state index in [1.54, 1.807) is 0 Å². The van der Waals surface area contributed by atoms with Crippen LogP contribution < -0.4 is 0 Å². The van der Waals surface area contributed by atoms with Gasteiger partial charge >= 0.3 is 0 Å². The first-order valence-electron chi connectivity index (χ1n) is 7.42. The van der Waals surface area contributed by atoms with Gasteiger partial charge in [-0.05, 0) is 13.3 Å². The van der Waals surface area contributed by atoms with Gasteiger partial charge in [-0.15, -0.1) is 0 Å². The summed E-state index contributed by atoms with van der Waals surface area (Å²) in [4.78, 5) is 35.0. The molecule has 1 aliphatic carbocycles. The van der Waals surface area contributed by atoms with Crippen LogP contribution in [0.2, 0.25) is 0 Å². The molecular formula is C12H18N4O7. The van der Waals surface area contributed by atoms with E-state index in [1.807, 2.05) is 0 Å². The van der Waals surface area contributed by atoms with Gasteiger partial charge in [-0.2, -0.15) is 0 Å². The highest BCUT2D eigenvalue weighted by molar-refractivity contribution is 5.21. The molecule has 0 spiro atoms. The van der Waals surface area contributed by atoms with E-state index in [0.29, 0.717) is 0 Å². The minimum Gasteiger partial charge on any atom is -0.393 e. The van der Waals surface area contributed by atoms with E-state index in [4.69, 9.17) is 0 Å². The summed E-state index contributed by atoms with van der Waals surface area (Å²) in [5, 5.41) is 45.0. The molecular weight excluding hydrogens is 312 g/mol. The van der Waals surface area contributed by atoms with Gasteiger partial charge in [0.2, 0.25) is 5.54 Å². The molecule has 23 heavy (non-hydrogen) atoms. The fourth-order valence-electron chi connectivity index (χ4n) is 5.22. The summed E-state index contributed by atoms with van der Waals surface area (Å²) in [6.07, 6.45) is -1.69. The Morgan fingerprint density at radius 2 is 1.52 bits per heavy atom. The molecule has 4 rings (SSSR count). The maximum absolute atomic E-state index is 11.8. The average Bonchev–Trinajstić information content (AvgIpc) is 2.41. The molecule has 128 valence electrons. The summed E-state index contributed by atoms with van der Waals surface area (Å²) >= 11 is 0. The molecule has 11 nitrogen and oxygen atoms in total. The lowest BCUT2D eigenvalue weighted by molar-refractivity contribution is -0.702. The van der Waals surface area contributed by atoms with Crippen molar-refractivity contribution in [2.45, 2.75) is 48.9 Å². The van der Waals surface area contributed by atoms with Gasteiger partial charge in [0.15, 0.2) is 0 Å². The van der Waals surface area contributed by atoms with Gasteiger partial charge in [-0.25, -0.2) is 0 Å². The first-order chi connectivity index (χ1) is 10.6. The summed E-state index contributed by atoms with van der Waals surface area (Å²) < 4.78 is 0. The van der Waals surface area contributed by atoms with Gasteiger partial charge < -0.3 is 5.11 Å². The maximum atomic E-state index is 11.8. The Bertz CT molecular complexity index is 562. The molecule has 4 bridgehead atoms. The molecule has 3 unspecified atom stereocenters. The minimum atomic E-state index is -1.76. The monoisotopic (exact) mass is 330 g/mol. The second-order valence-electron chi connectivity index (χ2n) is 7.34. The third-order valence-corrected chi connectivity index (χ3v) is 5.77. The lowest BCUT2D eigenvalue weighted by atomic mass is 9.50. The summed E-state index contributed by atoms with van der Waals surface area (Å²) in [5.41, 5.74) is -5.18. The van der Waals surface area contributed by atoms with Crippen LogP contribution in [-0.2, 0) is 0 Å². The van der Waals surface area contributed by atoms with Gasteiger partial charge in [0.25, 0.3) is 11.1 Å². The second kappa shape index (κ2) is 4.57. The number of hydrogen-bond acceptors (Lipinski definition) is 8. The van der Waals surface area contributed by atoms with Crippen molar-refractivity contribution in [1.82, 2.24) is 4.90 Å². The van der Waals surface area contributed by atoms with Crippen LogP contribution in [0.1, 0.15) is 26.2 Å². The van der Waals surface area contributed by atoms with Crippen LogP contribution in [0.25, 0.3) is 0 Å². The first-order valence-corrected chi connectivity index (χ1v) is 7.42. The number of aliphatic hydroxyl groups is 1. The quantitative estimate of drug-likeness (QED) is 0.525. The highest BCUT2D eigenvalue weighted by Crippen LogP contribution is 2.58. The molecule has 0 aromatic carbocycles. The van der Waals surface area contributed by atoms with Crippen molar-refractivity contribution >= 4 is 0 Å². The Morgan fingerprint density at radius 1 is 1.04 bits per heavy atom. The topological polar surface area (TPSA) is 153 Å². The predicted molar refractivity (Wildman–Crippen MR) is 74.6 cm³/mol. The Balaban J connectivity index is 2.19. The van der Waals surface area contributed by atoms with E-state index < -0.39 is 43.4 Å². The predicted octanol–water partition coefficient (Wildman–Crippen LogP) is -0.457. The van der Waals surface area contributed by atoms with Crippen molar-refractivity contribution < 1.29 is 19.9 Å². The Morgan fingerprint density at radius 3 is 1.87 bits per heavy atom. The molecule has 0 aromatic rings. The zero-order valence-electron chi connectivity index (χ0n) is 12.6. The van der Waals surface area contributed by atoms with E-state index in [-0.39, 0.29) is 38.9 Å². The third-order valence-electron chi connectivity index (χ3n) is 5.77. The number of nitrogens with zero attached hydrogens (tertiary/aromatic N) is 4. The zero-order valence-corrected chi connectivity index (χ0v) is 12.6. The lowest BCUT2D eigenvalue weighted by Crippen LogP contribution is -2.84. The molecule has 3 atom stereocenters. The Labute approximate surface area is 130 Å². The summed E-state index contributed by atoms with van der Waals surface area (Å²) in [6, 6.07) is 0. The zero-order chi connectivity index (χ0) is 17.2. The number of aliphatic hydroxyl groups excluding tert-OH is 1. The summed E-state index contributed by atoms with van der Waals surface area (Å²) in [5.74, 6) is -1.02. The number of piperidine rings is 3. The summed E-state index contributed by atoms with van der Waals surface area (Å²) in [6.45, 7) is 1.35. The highest BCUT2D eigenvalue weighted by atomic mass is 16.6. The highest BCUT2D eigenvalue weighted by Gasteiger charge is 2.83. The van der Waals surface area contributed by atoms with Crippen LogP contribution in [0.5, 0.6) is 0 Å². The average molecular weight is 330 g/mol. The van der Waals surface area contributed by atoms with Gasteiger partial charge in [-0.1, -0.05) is 0 Å². The normalized spacial score (nSPS) is 45.7. The van der Waals surface area contributed by atoms with Gasteiger partial charge in [0, 0.05) is 14.8 Å². The van der Waals surface area contributed by atoms with E-state index in [2.05, 4.69) is 0 Å². The van der Waals surface area contributed by atoms with Crippen LogP contribution in [0, 0.1) is 36.3 Å². The molecule has 1 saturated carbocycles. The maximum Gasteiger partial charge on any atom is 0.251 e. The number of rotatable bonds is 5. The largest absolute Gasteiger partial charge is 0.393 e. The SMILES string of the molecule is CC(O)CC1C2([N+](=O)[O-])CN3CC([N+](=O)[O-])(C2)CC1([N+](=O)[O-])C3. The van der Waals surface area contributed by atoms with Gasteiger partial charge in [0.05, 0.1) is 38.6 Å². The van der Waals surface area contributed by atoms with Crippen molar-refractivity contribution in [2.24, 2.45) is 5.92 Å². The molecule has 4 fully saturated rings. The van der Waals surface area contributed by atoms with Crippen molar-refractivity contribution in [3.05, 3.63) is 30.3 Å². The van der Waals surface area contributed by atoms with Crippen molar-refractivity contribution in [2.75, 3.05) is 19.6 Å². The van der Waals surface area contributed by atoms with Crippen molar-refractivity contribution in [1.29, 1.82) is 0 Å². The smallest absolute Gasteiger partial charge is 0.251 e. The second-order valence-corrected chi connectivity index (χ2v) is 7.34. The molecule has 0 aromatic heterocycles. The molecule has 3 heterocycles. The lowest BCUT2D eigenvalue weighted by Gasteiger charge is -2.59. The van der Waals surface area contributed by atoms with E-state index in [9.17, 15) is 35.4 Å². The van der Waals surface area contributed by atoms with Crippen LogP contribution in [-0.4, -0.2) is 67.1 Å². The Kier molecular flexibility index (Phi) is 3.18. The van der Waals surface area contributed by atoms with Gasteiger partial charge in [0.1, 0.15) is 5.92 Å². The standard InChI is InChI=1S/C12H18N4O7/c1-8(17)2-9-11(15(20)21)3-10(14(18)19)4-12(9,16(22)23)7-13(5-10)6-11/h8-9,17H,2-7H2,1H3. The van der Waals surface area contributed by atoms with Crippen LogP contribution in [0.4, 0.5) is 0 Å². The molecule has 0 amide bonds. The van der Waals surface area contributed by atoms with Gasteiger partial charge in [-0.3, -0.25) is 35.2 Å². The van der Waals surface area contributed by atoms with Crippen LogP contribution in [0.15, 0.2) is 0 Å². The Hall–Kier alpha value is -1.88. The van der Waals surface area contributed by atoms with E-state index in [1.165, 1.54) is 11.8 Å². The number of nitro groups is 3. The van der Waals surface area contributed by atoms with Crippen LogP contribution >= 0.6 is 0 Å². The molecule has 3 saturated heterocycles. The molecule has 1 N–H and O–H groups in total. The van der Waals surface area contributed by atoms with Crippen molar-refractivity contribution in [3.8, 4) is 0 Å². The fourth-order valence-corrected chi connectivity index (χ4v) is 5.22. The van der Waals surface area contributed by atoms with Crippen molar-refractivity contribution in [3.63, 3.8) is 0 Å². The summed E-state index contributed by atoms with van der Waals surface area (Å²) in [7, 11) is 0. The number of hydrogen-bond donors (Lipinski definition) is 1. The van der Waals surface area contributed by atoms with E-state index >= 15 is 0 Å². The van der Waals surface area contributed by atoms with Crippen LogP contribution in [0.3, 0.4) is 0 Å². The molecule has 4 aliphatic rings. The first kappa shape index (κ1) is 16.0. The van der Waals surface area contributed by atoms with E-state index in [0.717, 1.165) is 0 Å². The third kappa shape index (κ3) is 1.89.